The van der Waals surface area contributed by atoms with E-state index in [1.54, 1.807) is 0 Å². The van der Waals surface area contributed by atoms with Gasteiger partial charge >= 0.3 is 0 Å². The van der Waals surface area contributed by atoms with Crippen molar-refractivity contribution in [3.8, 4) is 5.75 Å². The SMILES string of the molecule is O=S(=O)(CC1CCCO1)Nc1ncccc1O. The third kappa shape index (κ3) is 3.31. The summed E-state index contributed by atoms with van der Waals surface area (Å²) in [6, 6.07) is 2.89. The van der Waals surface area contributed by atoms with E-state index in [1.807, 2.05) is 0 Å². The molecule has 1 aliphatic heterocycles. The Bertz CT molecular complexity index is 483. The number of nitrogens with one attached hydrogen (secondary N) is 1. The Labute approximate surface area is 99.7 Å². The molecule has 0 aliphatic carbocycles. The number of aromatic nitrogens is 1. The molecule has 0 aromatic carbocycles. The molecule has 1 aromatic rings. The van der Waals surface area contributed by atoms with Crippen LogP contribution >= 0.6 is 0 Å². The molecule has 0 radical (unpaired) electrons. The van der Waals surface area contributed by atoms with E-state index in [-0.39, 0.29) is 23.4 Å². The van der Waals surface area contributed by atoms with Gasteiger partial charge in [0.2, 0.25) is 10.0 Å². The predicted molar refractivity (Wildman–Crippen MR) is 62.3 cm³/mol. The molecule has 1 aliphatic rings. The fourth-order valence-electron chi connectivity index (χ4n) is 1.68. The van der Waals surface area contributed by atoms with Gasteiger partial charge in [-0.3, -0.25) is 4.72 Å². The van der Waals surface area contributed by atoms with Crippen molar-refractivity contribution in [3.05, 3.63) is 18.3 Å². The third-order valence-electron chi connectivity index (χ3n) is 2.47. The van der Waals surface area contributed by atoms with Crippen molar-refractivity contribution in [2.75, 3.05) is 17.1 Å². The molecule has 1 aromatic heterocycles. The van der Waals surface area contributed by atoms with Gasteiger partial charge in [0.1, 0.15) is 0 Å². The molecular weight excluding hydrogens is 244 g/mol. The maximum atomic E-state index is 11.8. The molecular formula is C10H14N2O4S. The van der Waals surface area contributed by atoms with Gasteiger partial charge in [-0.05, 0) is 25.0 Å². The van der Waals surface area contributed by atoms with E-state index < -0.39 is 10.0 Å². The summed E-state index contributed by atoms with van der Waals surface area (Å²) in [4.78, 5) is 3.76. The van der Waals surface area contributed by atoms with Crippen molar-refractivity contribution < 1.29 is 18.3 Å². The molecule has 0 amide bonds. The molecule has 0 saturated carbocycles. The molecule has 1 fully saturated rings. The lowest BCUT2D eigenvalue weighted by molar-refractivity contribution is 0.127. The van der Waals surface area contributed by atoms with Crippen molar-refractivity contribution in [2.45, 2.75) is 18.9 Å². The number of nitrogens with zero attached hydrogens (tertiary/aromatic N) is 1. The summed E-state index contributed by atoms with van der Waals surface area (Å²) in [5.74, 6) is -0.350. The number of ether oxygens (including phenoxy) is 1. The largest absolute Gasteiger partial charge is 0.504 e. The minimum atomic E-state index is -3.54. The summed E-state index contributed by atoms with van der Waals surface area (Å²) in [5.41, 5.74) is 0. The van der Waals surface area contributed by atoms with Crippen LogP contribution in [-0.4, -0.2) is 37.0 Å². The zero-order valence-corrected chi connectivity index (χ0v) is 9.98. The fourth-order valence-corrected chi connectivity index (χ4v) is 2.97. The topological polar surface area (TPSA) is 88.5 Å². The molecule has 1 unspecified atom stereocenters. The van der Waals surface area contributed by atoms with Gasteiger partial charge in [0.25, 0.3) is 0 Å². The summed E-state index contributed by atoms with van der Waals surface area (Å²) in [7, 11) is -3.54. The zero-order valence-electron chi connectivity index (χ0n) is 9.17. The number of aromatic hydroxyl groups is 1. The molecule has 94 valence electrons. The molecule has 0 bridgehead atoms. The van der Waals surface area contributed by atoms with Crippen molar-refractivity contribution in [3.63, 3.8) is 0 Å². The van der Waals surface area contributed by atoms with Crippen LogP contribution in [0, 0.1) is 0 Å². The first-order valence-electron chi connectivity index (χ1n) is 5.33. The Morgan fingerprint density at radius 1 is 1.59 bits per heavy atom. The summed E-state index contributed by atoms with van der Waals surface area (Å²) in [6.45, 7) is 0.606. The van der Waals surface area contributed by atoms with Crippen molar-refractivity contribution >= 4 is 15.8 Å². The van der Waals surface area contributed by atoms with Crippen molar-refractivity contribution in [1.82, 2.24) is 4.98 Å². The quantitative estimate of drug-likeness (QED) is 0.830. The number of anilines is 1. The van der Waals surface area contributed by atoms with Crippen LogP contribution in [0.5, 0.6) is 5.75 Å². The molecule has 2 heterocycles. The van der Waals surface area contributed by atoms with Crippen LogP contribution in [0.15, 0.2) is 18.3 Å². The lowest BCUT2D eigenvalue weighted by Crippen LogP contribution is -2.26. The van der Waals surface area contributed by atoms with Crippen LogP contribution in [0.1, 0.15) is 12.8 Å². The van der Waals surface area contributed by atoms with E-state index in [4.69, 9.17) is 4.74 Å². The highest BCUT2D eigenvalue weighted by molar-refractivity contribution is 7.92. The minimum absolute atomic E-state index is 0.0505. The number of rotatable bonds is 4. The van der Waals surface area contributed by atoms with E-state index in [2.05, 4.69) is 9.71 Å². The molecule has 1 saturated heterocycles. The van der Waals surface area contributed by atoms with E-state index in [1.165, 1.54) is 18.3 Å². The molecule has 2 N–H and O–H groups in total. The lowest BCUT2D eigenvalue weighted by atomic mass is 10.3. The Morgan fingerprint density at radius 3 is 3.06 bits per heavy atom. The standard InChI is InChI=1S/C10H14N2O4S/c13-9-4-1-5-11-10(9)12-17(14,15)7-8-3-2-6-16-8/h1,4-5,8,13H,2-3,6-7H2,(H,11,12). The Kier molecular flexibility index (Phi) is 3.49. The van der Waals surface area contributed by atoms with Gasteiger partial charge in [0.05, 0.1) is 11.9 Å². The second-order valence-electron chi connectivity index (χ2n) is 3.89. The highest BCUT2D eigenvalue weighted by Gasteiger charge is 2.24. The molecule has 2 rings (SSSR count). The monoisotopic (exact) mass is 258 g/mol. The van der Waals surface area contributed by atoms with Gasteiger partial charge in [-0.15, -0.1) is 0 Å². The number of hydrogen-bond acceptors (Lipinski definition) is 5. The molecule has 6 nitrogen and oxygen atoms in total. The highest BCUT2D eigenvalue weighted by atomic mass is 32.2. The second kappa shape index (κ2) is 4.89. The van der Waals surface area contributed by atoms with Crippen molar-refractivity contribution in [2.24, 2.45) is 0 Å². The van der Waals surface area contributed by atoms with E-state index in [0.29, 0.717) is 6.61 Å². The summed E-state index contributed by atoms with van der Waals surface area (Å²) in [6.07, 6.45) is 2.77. The average molecular weight is 258 g/mol. The average Bonchev–Trinajstić information content (AvgIpc) is 2.73. The normalized spacial score (nSPS) is 20.4. The predicted octanol–water partition coefficient (Wildman–Crippen LogP) is 0.708. The van der Waals surface area contributed by atoms with Gasteiger partial charge in [0.15, 0.2) is 11.6 Å². The third-order valence-corrected chi connectivity index (χ3v) is 3.78. The number of hydrogen-bond donors (Lipinski definition) is 2. The molecule has 1 atom stereocenters. The van der Waals surface area contributed by atoms with Crippen LogP contribution in [-0.2, 0) is 14.8 Å². The minimum Gasteiger partial charge on any atom is -0.504 e. The first-order chi connectivity index (χ1) is 8.07. The molecule has 0 spiro atoms. The Hall–Kier alpha value is -1.34. The smallest absolute Gasteiger partial charge is 0.236 e. The number of sulfonamides is 1. The van der Waals surface area contributed by atoms with Gasteiger partial charge in [-0.25, -0.2) is 13.4 Å². The maximum absolute atomic E-state index is 11.8. The van der Waals surface area contributed by atoms with Gasteiger partial charge in [0, 0.05) is 12.8 Å². The highest BCUT2D eigenvalue weighted by Crippen LogP contribution is 2.21. The summed E-state index contributed by atoms with van der Waals surface area (Å²) < 4.78 is 31.0. The number of pyridine rings is 1. The van der Waals surface area contributed by atoms with Gasteiger partial charge in [-0.1, -0.05) is 0 Å². The summed E-state index contributed by atoms with van der Waals surface area (Å²) in [5, 5.41) is 9.41. The molecule has 17 heavy (non-hydrogen) atoms. The first-order valence-corrected chi connectivity index (χ1v) is 6.98. The Balaban J connectivity index is 2.04. The van der Waals surface area contributed by atoms with Gasteiger partial charge in [-0.2, -0.15) is 0 Å². The Morgan fingerprint density at radius 2 is 2.41 bits per heavy atom. The maximum Gasteiger partial charge on any atom is 0.236 e. The van der Waals surface area contributed by atoms with Crippen LogP contribution in [0.4, 0.5) is 5.82 Å². The van der Waals surface area contributed by atoms with E-state index in [9.17, 15) is 13.5 Å². The zero-order chi connectivity index (χ0) is 12.3. The fraction of sp³-hybridized carbons (Fsp3) is 0.500. The first kappa shape index (κ1) is 12.1. The molecule has 7 heteroatoms. The second-order valence-corrected chi connectivity index (χ2v) is 5.66. The van der Waals surface area contributed by atoms with Crippen LogP contribution < -0.4 is 4.72 Å². The van der Waals surface area contributed by atoms with Gasteiger partial charge < -0.3 is 9.84 Å². The van der Waals surface area contributed by atoms with E-state index in [0.717, 1.165) is 12.8 Å². The van der Waals surface area contributed by atoms with Crippen LogP contribution in [0.25, 0.3) is 0 Å². The van der Waals surface area contributed by atoms with Crippen LogP contribution in [0.2, 0.25) is 0 Å². The summed E-state index contributed by atoms with van der Waals surface area (Å²) >= 11 is 0. The van der Waals surface area contributed by atoms with Crippen molar-refractivity contribution in [1.29, 1.82) is 0 Å². The van der Waals surface area contributed by atoms with E-state index >= 15 is 0 Å². The lowest BCUT2D eigenvalue weighted by Gasteiger charge is -2.11. The van der Waals surface area contributed by atoms with Crippen LogP contribution in [0.3, 0.4) is 0 Å².